The summed E-state index contributed by atoms with van der Waals surface area (Å²) in [6.45, 7) is 5.78. The standard InChI is InChI=1S/C18H21FO2/c1-4-12(2)14-8-5-6-10-16(14)21-17-11-7-9-15(19)18(17)13(3)20/h5-13,20H,4H2,1-3H3/t12?,13-/m1/s1. The van der Waals surface area contributed by atoms with E-state index >= 15 is 0 Å². The molecule has 0 bridgehead atoms. The quantitative estimate of drug-likeness (QED) is 0.821. The second-order valence-corrected chi connectivity index (χ2v) is 5.28. The zero-order valence-corrected chi connectivity index (χ0v) is 12.6. The Morgan fingerprint density at radius 1 is 1.05 bits per heavy atom. The molecule has 112 valence electrons. The number of rotatable bonds is 5. The van der Waals surface area contributed by atoms with Gasteiger partial charge < -0.3 is 9.84 Å². The molecule has 3 heteroatoms. The van der Waals surface area contributed by atoms with Gasteiger partial charge in [-0.3, -0.25) is 0 Å². The molecule has 0 aliphatic rings. The Hall–Kier alpha value is -1.87. The molecular weight excluding hydrogens is 267 g/mol. The summed E-state index contributed by atoms with van der Waals surface area (Å²) in [6, 6.07) is 12.3. The Morgan fingerprint density at radius 3 is 2.38 bits per heavy atom. The minimum absolute atomic E-state index is 0.191. The lowest BCUT2D eigenvalue weighted by Gasteiger charge is -2.18. The average molecular weight is 288 g/mol. The second kappa shape index (κ2) is 6.72. The van der Waals surface area contributed by atoms with Gasteiger partial charge in [-0.05, 0) is 43.0 Å². The maximum absolute atomic E-state index is 13.9. The van der Waals surface area contributed by atoms with E-state index in [-0.39, 0.29) is 5.56 Å². The van der Waals surface area contributed by atoms with Crippen LogP contribution in [-0.4, -0.2) is 5.11 Å². The van der Waals surface area contributed by atoms with Crippen LogP contribution in [0, 0.1) is 5.82 Å². The Morgan fingerprint density at radius 2 is 1.71 bits per heavy atom. The maximum atomic E-state index is 13.9. The monoisotopic (exact) mass is 288 g/mol. The first-order valence-corrected chi connectivity index (χ1v) is 7.27. The number of benzene rings is 2. The Labute approximate surface area is 125 Å². The molecule has 0 saturated heterocycles. The van der Waals surface area contributed by atoms with Gasteiger partial charge in [0.2, 0.25) is 0 Å². The van der Waals surface area contributed by atoms with E-state index < -0.39 is 11.9 Å². The molecule has 2 nitrogen and oxygen atoms in total. The Kier molecular flexibility index (Phi) is 4.97. The largest absolute Gasteiger partial charge is 0.457 e. The van der Waals surface area contributed by atoms with Crippen molar-refractivity contribution in [2.45, 2.75) is 39.2 Å². The third kappa shape index (κ3) is 3.42. The summed E-state index contributed by atoms with van der Waals surface area (Å²) in [7, 11) is 0. The molecule has 0 saturated carbocycles. The minimum Gasteiger partial charge on any atom is -0.457 e. The molecule has 0 heterocycles. The van der Waals surface area contributed by atoms with E-state index in [9.17, 15) is 9.50 Å². The number of para-hydroxylation sites is 1. The molecule has 0 aliphatic heterocycles. The molecule has 0 aliphatic carbocycles. The molecule has 0 spiro atoms. The van der Waals surface area contributed by atoms with Gasteiger partial charge in [0.15, 0.2) is 0 Å². The lowest BCUT2D eigenvalue weighted by molar-refractivity contribution is 0.190. The lowest BCUT2D eigenvalue weighted by atomic mass is 9.98. The second-order valence-electron chi connectivity index (χ2n) is 5.28. The van der Waals surface area contributed by atoms with Crippen molar-refractivity contribution in [3.8, 4) is 11.5 Å². The molecule has 0 amide bonds. The third-order valence-electron chi connectivity index (χ3n) is 3.71. The maximum Gasteiger partial charge on any atom is 0.136 e. The molecular formula is C18H21FO2. The number of aliphatic hydroxyl groups excluding tert-OH is 1. The predicted molar refractivity (Wildman–Crippen MR) is 82.3 cm³/mol. The van der Waals surface area contributed by atoms with Crippen LogP contribution in [0.3, 0.4) is 0 Å². The Balaban J connectivity index is 2.42. The van der Waals surface area contributed by atoms with Gasteiger partial charge in [0, 0.05) is 0 Å². The van der Waals surface area contributed by atoms with Gasteiger partial charge >= 0.3 is 0 Å². The van der Waals surface area contributed by atoms with Gasteiger partial charge in [0.1, 0.15) is 17.3 Å². The fraction of sp³-hybridized carbons (Fsp3) is 0.333. The van der Waals surface area contributed by atoms with Crippen LogP contribution in [0.4, 0.5) is 4.39 Å². The fourth-order valence-electron chi connectivity index (χ4n) is 2.33. The molecule has 2 aromatic rings. The van der Waals surface area contributed by atoms with E-state index in [1.54, 1.807) is 12.1 Å². The van der Waals surface area contributed by atoms with E-state index in [1.165, 1.54) is 13.0 Å². The van der Waals surface area contributed by atoms with Crippen LogP contribution in [0.15, 0.2) is 42.5 Å². The molecule has 1 N–H and O–H groups in total. The van der Waals surface area contributed by atoms with E-state index in [0.717, 1.165) is 12.0 Å². The highest BCUT2D eigenvalue weighted by Gasteiger charge is 2.17. The summed E-state index contributed by atoms with van der Waals surface area (Å²) in [6.07, 6.45) is 0.0734. The van der Waals surface area contributed by atoms with Crippen molar-refractivity contribution in [2.75, 3.05) is 0 Å². The molecule has 1 unspecified atom stereocenters. The van der Waals surface area contributed by atoms with Gasteiger partial charge in [-0.2, -0.15) is 0 Å². The van der Waals surface area contributed by atoms with E-state index in [0.29, 0.717) is 17.4 Å². The summed E-state index contributed by atoms with van der Waals surface area (Å²) >= 11 is 0. The molecule has 2 aromatic carbocycles. The SMILES string of the molecule is CCC(C)c1ccccc1Oc1cccc(F)c1[C@@H](C)O. The van der Waals surface area contributed by atoms with Crippen LogP contribution in [0.1, 0.15) is 50.3 Å². The first-order chi connectivity index (χ1) is 10.0. The molecule has 0 radical (unpaired) electrons. The molecule has 0 fully saturated rings. The van der Waals surface area contributed by atoms with Gasteiger partial charge in [-0.1, -0.05) is 38.1 Å². The van der Waals surface area contributed by atoms with Crippen LogP contribution in [-0.2, 0) is 0 Å². The lowest BCUT2D eigenvalue weighted by Crippen LogP contribution is -2.02. The first-order valence-electron chi connectivity index (χ1n) is 7.27. The van der Waals surface area contributed by atoms with Crippen LogP contribution in [0.2, 0.25) is 0 Å². The number of hydrogen-bond acceptors (Lipinski definition) is 2. The topological polar surface area (TPSA) is 29.5 Å². The molecule has 21 heavy (non-hydrogen) atoms. The van der Waals surface area contributed by atoms with E-state index in [4.69, 9.17) is 4.74 Å². The Bertz CT molecular complexity index is 608. The predicted octanol–water partition coefficient (Wildman–Crippen LogP) is 5.18. The van der Waals surface area contributed by atoms with Crippen LogP contribution in [0.25, 0.3) is 0 Å². The van der Waals surface area contributed by atoms with E-state index in [2.05, 4.69) is 13.8 Å². The van der Waals surface area contributed by atoms with Crippen molar-refractivity contribution in [3.05, 3.63) is 59.4 Å². The zero-order valence-electron chi connectivity index (χ0n) is 12.6. The van der Waals surface area contributed by atoms with Crippen molar-refractivity contribution in [1.82, 2.24) is 0 Å². The summed E-state index contributed by atoms with van der Waals surface area (Å²) in [5.41, 5.74) is 1.28. The molecule has 0 aromatic heterocycles. The van der Waals surface area contributed by atoms with Crippen molar-refractivity contribution < 1.29 is 14.2 Å². The van der Waals surface area contributed by atoms with Gasteiger partial charge in [0.25, 0.3) is 0 Å². The first kappa shape index (κ1) is 15.5. The van der Waals surface area contributed by atoms with Crippen molar-refractivity contribution >= 4 is 0 Å². The normalized spacial score (nSPS) is 13.8. The highest BCUT2D eigenvalue weighted by molar-refractivity contribution is 5.43. The number of halogens is 1. The summed E-state index contributed by atoms with van der Waals surface area (Å²) in [4.78, 5) is 0. The third-order valence-corrected chi connectivity index (χ3v) is 3.71. The molecule has 2 rings (SSSR count). The summed E-state index contributed by atoms with van der Waals surface area (Å²) in [5.74, 6) is 0.966. The highest BCUT2D eigenvalue weighted by Crippen LogP contribution is 2.35. The fourth-order valence-corrected chi connectivity index (χ4v) is 2.33. The van der Waals surface area contributed by atoms with Crippen LogP contribution < -0.4 is 4.74 Å². The highest BCUT2D eigenvalue weighted by atomic mass is 19.1. The number of hydrogen-bond donors (Lipinski definition) is 1. The van der Waals surface area contributed by atoms with E-state index in [1.807, 2.05) is 24.3 Å². The number of ether oxygens (including phenoxy) is 1. The van der Waals surface area contributed by atoms with Crippen molar-refractivity contribution in [2.24, 2.45) is 0 Å². The van der Waals surface area contributed by atoms with Crippen molar-refractivity contribution in [1.29, 1.82) is 0 Å². The molecule has 2 atom stereocenters. The van der Waals surface area contributed by atoms with Gasteiger partial charge in [0.05, 0.1) is 11.7 Å². The zero-order chi connectivity index (χ0) is 15.4. The van der Waals surface area contributed by atoms with Crippen LogP contribution in [0.5, 0.6) is 11.5 Å². The van der Waals surface area contributed by atoms with Gasteiger partial charge in [-0.25, -0.2) is 4.39 Å². The van der Waals surface area contributed by atoms with Crippen molar-refractivity contribution in [3.63, 3.8) is 0 Å². The van der Waals surface area contributed by atoms with Gasteiger partial charge in [-0.15, -0.1) is 0 Å². The summed E-state index contributed by atoms with van der Waals surface area (Å²) < 4.78 is 19.8. The van der Waals surface area contributed by atoms with Crippen LogP contribution >= 0.6 is 0 Å². The minimum atomic E-state index is -0.919. The number of aliphatic hydroxyl groups is 1. The summed E-state index contributed by atoms with van der Waals surface area (Å²) in [5, 5.41) is 9.77. The average Bonchev–Trinajstić information content (AvgIpc) is 2.46. The smallest absolute Gasteiger partial charge is 0.136 e.